The first kappa shape index (κ1) is 14.8. The van der Waals surface area contributed by atoms with Gasteiger partial charge in [-0.25, -0.2) is 14.4 Å². The minimum Gasteiger partial charge on any atom is -0.481 e. The smallest absolute Gasteiger partial charge is 0.347 e. The molecule has 0 amide bonds. The fourth-order valence-electron chi connectivity index (χ4n) is 0.793. The Balaban J connectivity index is 4.44. The number of hydrogen-bond donors (Lipinski definition) is 4. The van der Waals surface area contributed by atoms with Crippen LogP contribution in [0.5, 0.6) is 0 Å². The summed E-state index contributed by atoms with van der Waals surface area (Å²) in [5, 5.41) is 33.8. The summed E-state index contributed by atoms with van der Waals surface area (Å²) < 4.78 is 4.15. The normalized spacial score (nSPS) is 13.5. The Kier molecular flexibility index (Phi) is 5.61. The number of esters is 1. The third kappa shape index (κ3) is 5.47. The van der Waals surface area contributed by atoms with Crippen molar-refractivity contribution in [1.29, 1.82) is 0 Å². The first-order valence-electron chi connectivity index (χ1n) is 4.31. The molecule has 0 bridgehead atoms. The molecular formula is C8H10O9. The van der Waals surface area contributed by atoms with E-state index in [1.165, 1.54) is 0 Å². The molecule has 4 N–H and O–H groups in total. The first-order chi connectivity index (χ1) is 7.75. The molecule has 0 aliphatic heterocycles. The van der Waals surface area contributed by atoms with Crippen LogP contribution in [-0.4, -0.2) is 56.5 Å². The van der Waals surface area contributed by atoms with E-state index < -0.39 is 48.9 Å². The monoisotopic (exact) mass is 250 g/mol. The third-order valence-corrected chi connectivity index (χ3v) is 1.61. The molecule has 0 aliphatic rings. The molecule has 0 aromatic rings. The number of carbonyl (C=O) groups is 4. The summed E-state index contributed by atoms with van der Waals surface area (Å²) in [5.74, 6) is -6.48. The topological polar surface area (TPSA) is 158 Å². The Morgan fingerprint density at radius 1 is 1.00 bits per heavy atom. The quantitative estimate of drug-likeness (QED) is 0.305. The fourth-order valence-corrected chi connectivity index (χ4v) is 0.793. The predicted molar refractivity (Wildman–Crippen MR) is 48.0 cm³/mol. The van der Waals surface area contributed by atoms with Gasteiger partial charge >= 0.3 is 23.9 Å². The zero-order valence-corrected chi connectivity index (χ0v) is 8.40. The summed E-state index contributed by atoms with van der Waals surface area (Å²) in [5.41, 5.74) is 0. The van der Waals surface area contributed by atoms with E-state index in [-0.39, 0.29) is 0 Å². The molecule has 0 heterocycles. The van der Waals surface area contributed by atoms with Crippen molar-refractivity contribution in [2.75, 3.05) is 0 Å². The number of carboxylic acid groups (broad SMARTS) is 3. The van der Waals surface area contributed by atoms with E-state index in [0.717, 1.165) is 0 Å². The third-order valence-electron chi connectivity index (χ3n) is 1.61. The number of aliphatic hydroxyl groups excluding tert-OH is 1. The number of carboxylic acids is 3. The molecule has 2 atom stereocenters. The Morgan fingerprint density at radius 3 is 1.88 bits per heavy atom. The van der Waals surface area contributed by atoms with Crippen molar-refractivity contribution in [2.45, 2.75) is 25.0 Å². The van der Waals surface area contributed by atoms with Crippen molar-refractivity contribution in [2.24, 2.45) is 0 Å². The molecule has 0 rings (SSSR count). The van der Waals surface area contributed by atoms with Gasteiger partial charge in [-0.2, -0.15) is 0 Å². The Morgan fingerprint density at radius 2 is 1.53 bits per heavy atom. The number of ether oxygens (including phenoxy) is 1. The summed E-state index contributed by atoms with van der Waals surface area (Å²) >= 11 is 0. The van der Waals surface area contributed by atoms with E-state index >= 15 is 0 Å². The molecule has 0 radical (unpaired) electrons. The van der Waals surface area contributed by atoms with Gasteiger partial charge in [0.1, 0.15) is 0 Å². The van der Waals surface area contributed by atoms with Gasteiger partial charge in [0.05, 0.1) is 0 Å². The molecular weight excluding hydrogens is 240 g/mol. The zero-order chi connectivity index (χ0) is 13.6. The van der Waals surface area contributed by atoms with Gasteiger partial charge in [-0.15, -0.1) is 0 Å². The molecule has 0 saturated heterocycles. The van der Waals surface area contributed by atoms with E-state index in [1.807, 2.05) is 0 Å². The lowest BCUT2D eigenvalue weighted by Crippen LogP contribution is -2.37. The summed E-state index contributed by atoms with van der Waals surface area (Å²) in [6.45, 7) is 0. The molecule has 9 nitrogen and oxygen atoms in total. The van der Waals surface area contributed by atoms with Crippen molar-refractivity contribution in [3.63, 3.8) is 0 Å². The molecule has 96 valence electrons. The molecule has 0 spiro atoms. The van der Waals surface area contributed by atoms with Crippen LogP contribution >= 0.6 is 0 Å². The van der Waals surface area contributed by atoms with Gasteiger partial charge in [0.2, 0.25) is 6.10 Å². The average molecular weight is 250 g/mol. The molecule has 0 fully saturated rings. The van der Waals surface area contributed by atoms with Crippen LogP contribution in [0.15, 0.2) is 0 Å². The second-order valence-corrected chi connectivity index (χ2v) is 2.94. The van der Waals surface area contributed by atoms with Gasteiger partial charge in [-0.05, 0) is 0 Å². The van der Waals surface area contributed by atoms with Crippen molar-refractivity contribution in [1.82, 2.24) is 0 Å². The van der Waals surface area contributed by atoms with Gasteiger partial charge < -0.3 is 25.2 Å². The van der Waals surface area contributed by atoms with Crippen LogP contribution in [0.4, 0.5) is 0 Å². The fraction of sp³-hybridized carbons (Fsp3) is 0.500. The van der Waals surface area contributed by atoms with Crippen LogP contribution in [0.2, 0.25) is 0 Å². The molecule has 0 aromatic heterocycles. The van der Waals surface area contributed by atoms with Gasteiger partial charge in [0.15, 0.2) is 6.10 Å². The second kappa shape index (κ2) is 6.43. The number of hydrogen-bond acceptors (Lipinski definition) is 6. The highest BCUT2D eigenvalue weighted by Crippen LogP contribution is 2.05. The van der Waals surface area contributed by atoms with Crippen LogP contribution in [0.25, 0.3) is 0 Å². The minimum absolute atomic E-state index is 0.525. The Bertz CT molecular complexity index is 334. The largest absolute Gasteiger partial charge is 0.481 e. The summed E-state index contributed by atoms with van der Waals surface area (Å²) in [6, 6.07) is 0. The first-order valence-corrected chi connectivity index (χ1v) is 4.31. The van der Waals surface area contributed by atoms with Gasteiger partial charge in [-0.3, -0.25) is 4.79 Å². The Hall–Kier alpha value is -2.16. The van der Waals surface area contributed by atoms with Crippen molar-refractivity contribution in [3.05, 3.63) is 0 Å². The SMILES string of the molecule is O=C(O)CCC(OC(=O)C(O)C(=O)O)C(=O)O. The Labute approximate surface area is 94.2 Å². The van der Waals surface area contributed by atoms with Crippen molar-refractivity contribution < 1.29 is 44.3 Å². The minimum atomic E-state index is -2.50. The lowest BCUT2D eigenvalue weighted by molar-refractivity contribution is -0.176. The van der Waals surface area contributed by atoms with E-state index in [1.54, 1.807) is 0 Å². The van der Waals surface area contributed by atoms with E-state index in [2.05, 4.69) is 4.74 Å². The maximum Gasteiger partial charge on any atom is 0.347 e. The zero-order valence-electron chi connectivity index (χ0n) is 8.40. The van der Waals surface area contributed by atoms with E-state index in [0.29, 0.717) is 0 Å². The number of aliphatic carboxylic acids is 3. The average Bonchev–Trinajstić information content (AvgIpc) is 2.21. The lowest BCUT2D eigenvalue weighted by atomic mass is 10.2. The number of rotatable bonds is 7. The van der Waals surface area contributed by atoms with Gasteiger partial charge in [0.25, 0.3) is 0 Å². The highest BCUT2D eigenvalue weighted by atomic mass is 16.6. The van der Waals surface area contributed by atoms with E-state index in [9.17, 15) is 19.2 Å². The molecule has 0 aliphatic carbocycles. The summed E-state index contributed by atoms with van der Waals surface area (Å²) in [7, 11) is 0. The highest BCUT2D eigenvalue weighted by molar-refractivity contribution is 5.97. The second-order valence-electron chi connectivity index (χ2n) is 2.94. The number of carbonyl (C=O) groups excluding carboxylic acids is 1. The summed E-state index contributed by atoms with van der Waals surface area (Å²) in [6.07, 6.45) is -5.41. The van der Waals surface area contributed by atoms with Crippen LogP contribution in [-0.2, 0) is 23.9 Å². The maximum absolute atomic E-state index is 10.9. The van der Waals surface area contributed by atoms with Crippen LogP contribution in [0.1, 0.15) is 12.8 Å². The van der Waals surface area contributed by atoms with Gasteiger partial charge in [-0.1, -0.05) is 0 Å². The van der Waals surface area contributed by atoms with Crippen LogP contribution < -0.4 is 0 Å². The van der Waals surface area contributed by atoms with Crippen LogP contribution in [0, 0.1) is 0 Å². The molecule has 0 saturated carbocycles. The molecule has 2 unspecified atom stereocenters. The van der Waals surface area contributed by atoms with Crippen molar-refractivity contribution >= 4 is 23.9 Å². The number of aliphatic hydroxyl groups is 1. The molecule has 9 heteroatoms. The molecule has 17 heavy (non-hydrogen) atoms. The standard InChI is InChI=1S/C8H10O9/c9-4(10)2-1-3(6(12)13)17-8(16)5(11)7(14)15/h3,5,11H,1-2H2,(H,9,10)(H,12,13)(H,14,15). The predicted octanol–water partition coefficient (Wildman–Crippen LogP) is -1.71. The summed E-state index contributed by atoms with van der Waals surface area (Å²) in [4.78, 5) is 41.8. The lowest BCUT2D eigenvalue weighted by Gasteiger charge is -2.13. The van der Waals surface area contributed by atoms with E-state index in [4.69, 9.17) is 20.4 Å². The van der Waals surface area contributed by atoms with Crippen molar-refractivity contribution in [3.8, 4) is 0 Å². The van der Waals surface area contributed by atoms with Gasteiger partial charge in [0, 0.05) is 12.8 Å². The highest BCUT2D eigenvalue weighted by Gasteiger charge is 2.30. The maximum atomic E-state index is 10.9. The molecule has 0 aromatic carbocycles. The van der Waals surface area contributed by atoms with Crippen LogP contribution in [0.3, 0.4) is 0 Å².